The molecule has 2 unspecified atom stereocenters. The van der Waals surface area contributed by atoms with Crippen molar-refractivity contribution in [1.29, 1.82) is 0 Å². The van der Waals surface area contributed by atoms with E-state index >= 15 is 0 Å². The Balaban J connectivity index is 1.93. The van der Waals surface area contributed by atoms with Crippen LogP contribution in [-0.4, -0.2) is 41.1 Å². The fourth-order valence-corrected chi connectivity index (χ4v) is 2.71. The fourth-order valence-electron chi connectivity index (χ4n) is 2.71. The Labute approximate surface area is 139 Å². The van der Waals surface area contributed by atoms with Gasteiger partial charge < -0.3 is 14.4 Å². The lowest BCUT2D eigenvalue weighted by Gasteiger charge is -2.35. The van der Waals surface area contributed by atoms with Crippen molar-refractivity contribution < 1.29 is 24.0 Å². The standard InChI is InChI=1S/C16H20N2O6/c1-3-23-15(19)12-8-9-17(11(2)10-12)16(20)24-14-6-4-13(5-7-14)18(21)22/h4-7,11-12H,3,8-10H2,1-2H3. The molecule has 1 aromatic carbocycles. The van der Waals surface area contributed by atoms with Crippen molar-refractivity contribution in [2.45, 2.75) is 32.7 Å². The lowest BCUT2D eigenvalue weighted by molar-refractivity contribution is -0.384. The normalized spacial score (nSPS) is 20.3. The highest BCUT2D eigenvalue weighted by Crippen LogP contribution is 2.25. The van der Waals surface area contributed by atoms with Crippen molar-refractivity contribution in [2.24, 2.45) is 5.92 Å². The SMILES string of the molecule is CCOC(=O)C1CCN(C(=O)Oc2ccc([N+](=O)[O-])cc2)C(C)C1. The topological polar surface area (TPSA) is 99.0 Å². The maximum absolute atomic E-state index is 12.3. The van der Waals surface area contributed by atoms with Crippen LogP contribution in [0.1, 0.15) is 26.7 Å². The Morgan fingerprint density at radius 1 is 1.33 bits per heavy atom. The molecule has 2 atom stereocenters. The first-order valence-corrected chi connectivity index (χ1v) is 7.82. The lowest BCUT2D eigenvalue weighted by atomic mass is 9.92. The highest BCUT2D eigenvalue weighted by Gasteiger charge is 2.34. The highest BCUT2D eigenvalue weighted by molar-refractivity contribution is 5.74. The van der Waals surface area contributed by atoms with Crippen molar-refractivity contribution in [3.63, 3.8) is 0 Å². The summed E-state index contributed by atoms with van der Waals surface area (Å²) in [6.07, 6.45) is 0.519. The molecule has 0 aromatic heterocycles. The zero-order valence-electron chi connectivity index (χ0n) is 13.6. The zero-order valence-corrected chi connectivity index (χ0v) is 13.6. The summed E-state index contributed by atoms with van der Waals surface area (Å²) in [6.45, 7) is 4.35. The summed E-state index contributed by atoms with van der Waals surface area (Å²) in [7, 11) is 0. The Bertz CT molecular complexity index is 615. The van der Waals surface area contributed by atoms with Crippen LogP contribution in [0, 0.1) is 16.0 Å². The van der Waals surface area contributed by atoms with Crippen molar-refractivity contribution in [1.82, 2.24) is 4.90 Å². The van der Waals surface area contributed by atoms with E-state index in [-0.39, 0.29) is 29.4 Å². The number of carbonyl (C=O) groups is 2. The van der Waals surface area contributed by atoms with Gasteiger partial charge in [0.1, 0.15) is 5.75 Å². The van der Waals surface area contributed by atoms with Gasteiger partial charge in [0.25, 0.3) is 5.69 Å². The van der Waals surface area contributed by atoms with E-state index in [9.17, 15) is 19.7 Å². The number of rotatable bonds is 4. The second-order valence-corrected chi connectivity index (χ2v) is 5.63. The summed E-state index contributed by atoms with van der Waals surface area (Å²) in [4.78, 5) is 35.7. The largest absolute Gasteiger partial charge is 0.466 e. The molecule has 130 valence electrons. The average molecular weight is 336 g/mol. The van der Waals surface area contributed by atoms with E-state index in [4.69, 9.17) is 9.47 Å². The smallest absolute Gasteiger partial charge is 0.415 e. The average Bonchev–Trinajstić information content (AvgIpc) is 2.55. The minimum absolute atomic E-state index is 0.0709. The quantitative estimate of drug-likeness (QED) is 0.476. The van der Waals surface area contributed by atoms with Crippen LogP contribution in [0.4, 0.5) is 10.5 Å². The Kier molecular flexibility index (Phi) is 5.73. The first kappa shape index (κ1) is 17.7. The molecule has 1 amide bonds. The fraction of sp³-hybridized carbons (Fsp3) is 0.500. The summed E-state index contributed by atoms with van der Waals surface area (Å²) in [6, 6.07) is 5.16. The van der Waals surface area contributed by atoms with E-state index in [2.05, 4.69) is 0 Å². The van der Waals surface area contributed by atoms with Crippen LogP contribution in [0.2, 0.25) is 0 Å². The van der Waals surface area contributed by atoms with Gasteiger partial charge in [-0.15, -0.1) is 0 Å². The van der Waals surface area contributed by atoms with Crippen LogP contribution < -0.4 is 4.74 Å². The van der Waals surface area contributed by atoms with E-state index in [1.54, 1.807) is 11.8 Å². The number of ether oxygens (including phenoxy) is 2. The van der Waals surface area contributed by atoms with Gasteiger partial charge in [-0.1, -0.05) is 0 Å². The molecule has 1 saturated heterocycles. The number of hydrogen-bond donors (Lipinski definition) is 0. The molecule has 0 spiro atoms. The second kappa shape index (κ2) is 7.76. The van der Waals surface area contributed by atoms with Crippen molar-refractivity contribution in [2.75, 3.05) is 13.2 Å². The van der Waals surface area contributed by atoms with Crippen LogP contribution in [0.3, 0.4) is 0 Å². The van der Waals surface area contributed by atoms with Crippen molar-refractivity contribution >= 4 is 17.7 Å². The van der Waals surface area contributed by atoms with Gasteiger partial charge in [-0.3, -0.25) is 14.9 Å². The van der Waals surface area contributed by atoms with E-state index in [0.29, 0.717) is 26.0 Å². The van der Waals surface area contributed by atoms with Gasteiger partial charge in [-0.05, 0) is 38.8 Å². The van der Waals surface area contributed by atoms with Gasteiger partial charge in [0, 0.05) is 24.7 Å². The van der Waals surface area contributed by atoms with E-state index in [1.165, 1.54) is 24.3 Å². The molecular weight excluding hydrogens is 316 g/mol. The van der Waals surface area contributed by atoms with E-state index < -0.39 is 11.0 Å². The number of nitro benzene ring substituents is 1. The van der Waals surface area contributed by atoms with Crippen LogP contribution >= 0.6 is 0 Å². The molecule has 1 aliphatic rings. The predicted molar refractivity (Wildman–Crippen MR) is 84.6 cm³/mol. The minimum atomic E-state index is -0.529. The molecular formula is C16H20N2O6. The maximum Gasteiger partial charge on any atom is 0.415 e. The minimum Gasteiger partial charge on any atom is -0.466 e. The first-order chi connectivity index (χ1) is 11.4. The van der Waals surface area contributed by atoms with Crippen LogP contribution in [-0.2, 0) is 9.53 Å². The molecule has 0 aliphatic carbocycles. The third-order valence-corrected chi connectivity index (χ3v) is 3.98. The summed E-state index contributed by atoms with van der Waals surface area (Å²) < 4.78 is 10.3. The molecule has 0 saturated carbocycles. The molecule has 8 heteroatoms. The monoisotopic (exact) mass is 336 g/mol. The molecule has 8 nitrogen and oxygen atoms in total. The van der Waals surface area contributed by atoms with Crippen LogP contribution in [0.5, 0.6) is 5.75 Å². The summed E-state index contributed by atoms with van der Waals surface area (Å²) >= 11 is 0. The van der Waals surface area contributed by atoms with E-state index in [1.807, 2.05) is 6.92 Å². The van der Waals surface area contributed by atoms with Gasteiger partial charge in [0.2, 0.25) is 0 Å². The molecule has 1 aromatic rings. The number of benzene rings is 1. The van der Waals surface area contributed by atoms with Crippen molar-refractivity contribution in [3.05, 3.63) is 34.4 Å². The van der Waals surface area contributed by atoms with Crippen molar-refractivity contribution in [3.8, 4) is 5.75 Å². The molecule has 1 heterocycles. The van der Waals surface area contributed by atoms with Gasteiger partial charge in [-0.25, -0.2) is 4.79 Å². The van der Waals surface area contributed by atoms with E-state index in [0.717, 1.165) is 0 Å². The Morgan fingerprint density at radius 2 is 2.00 bits per heavy atom. The first-order valence-electron chi connectivity index (χ1n) is 7.82. The highest BCUT2D eigenvalue weighted by atomic mass is 16.6. The third kappa shape index (κ3) is 4.21. The summed E-state index contributed by atoms with van der Waals surface area (Å²) in [5, 5.41) is 10.6. The van der Waals surface area contributed by atoms with Crippen LogP contribution in [0.15, 0.2) is 24.3 Å². The lowest BCUT2D eigenvalue weighted by Crippen LogP contribution is -2.47. The van der Waals surface area contributed by atoms with Crippen LogP contribution in [0.25, 0.3) is 0 Å². The van der Waals surface area contributed by atoms with Gasteiger partial charge in [0.15, 0.2) is 0 Å². The summed E-state index contributed by atoms with van der Waals surface area (Å²) in [5.41, 5.74) is -0.0709. The number of non-ortho nitro benzene ring substituents is 1. The van der Waals surface area contributed by atoms with Gasteiger partial charge in [-0.2, -0.15) is 0 Å². The number of hydrogen-bond acceptors (Lipinski definition) is 6. The number of carbonyl (C=O) groups excluding carboxylic acids is 2. The number of esters is 1. The number of nitrogens with zero attached hydrogens (tertiary/aromatic N) is 2. The summed E-state index contributed by atoms with van der Waals surface area (Å²) in [5.74, 6) is -0.193. The molecule has 24 heavy (non-hydrogen) atoms. The second-order valence-electron chi connectivity index (χ2n) is 5.63. The molecule has 1 aliphatic heterocycles. The number of amides is 1. The number of nitro groups is 1. The molecule has 2 rings (SSSR count). The molecule has 0 radical (unpaired) electrons. The third-order valence-electron chi connectivity index (χ3n) is 3.98. The molecule has 1 fully saturated rings. The zero-order chi connectivity index (χ0) is 17.7. The number of piperidine rings is 1. The number of likely N-dealkylation sites (tertiary alicyclic amines) is 1. The Morgan fingerprint density at radius 3 is 2.54 bits per heavy atom. The predicted octanol–water partition coefficient (Wildman–Crippen LogP) is 2.76. The molecule has 0 N–H and O–H groups in total. The Hall–Kier alpha value is -2.64. The van der Waals surface area contributed by atoms with Gasteiger partial charge in [0.05, 0.1) is 17.4 Å². The maximum atomic E-state index is 12.3. The molecule has 0 bridgehead atoms. The van der Waals surface area contributed by atoms with Gasteiger partial charge >= 0.3 is 12.1 Å².